The van der Waals surface area contributed by atoms with Crippen molar-refractivity contribution >= 4 is 28.6 Å². The maximum Gasteiger partial charge on any atom is 0.336 e. The van der Waals surface area contributed by atoms with E-state index in [1.54, 1.807) is 19.1 Å². The van der Waals surface area contributed by atoms with Gasteiger partial charge in [-0.3, -0.25) is 4.90 Å². The van der Waals surface area contributed by atoms with Crippen molar-refractivity contribution < 1.29 is 14.6 Å². The summed E-state index contributed by atoms with van der Waals surface area (Å²) in [4.78, 5) is 21.3. The number of ether oxygens (including phenoxy) is 1. The number of aromatic nitrogens is 2. The van der Waals surface area contributed by atoms with Gasteiger partial charge in [-0.05, 0) is 66.6 Å². The lowest BCUT2D eigenvalue weighted by Gasteiger charge is -2.07. The van der Waals surface area contributed by atoms with Gasteiger partial charge in [-0.25, -0.2) is 4.79 Å². The maximum absolute atomic E-state index is 11.4. The van der Waals surface area contributed by atoms with Gasteiger partial charge < -0.3 is 14.8 Å². The fourth-order valence-electron chi connectivity index (χ4n) is 4.02. The van der Waals surface area contributed by atoms with Crippen molar-refractivity contribution in [1.29, 1.82) is 0 Å². The lowest BCUT2D eigenvalue weighted by Crippen LogP contribution is -2.07. The summed E-state index contributed by atoms with van der Waals surface area (Å²) in [6.45, 7) is 3.64. The fraction of sp³-hybridized carbons (Fsp3) is 0.167. The van der Waals surface area contributed by atoms with Crippen molar-refractivity contribution in [3.63, 3.8) is 0 Å². The van der Waals surface area contributed by atoms with Crippen molar-refractivity contribution in [3.8, 4) is 22.9 Å². The van der Waals surface area contributed by atoms with Crippen LogP contribution in [0.2, 0.25) is 5.02 Å². The van der Waals surface area contributed by atoms with Crippen LogP contribution in [0.5, 0.6) is 11.8 Å². The van der Waals surface area contributed by atoms with Gasteiger partial charge in [-0.2, -0.15) is 4.98 Å². The minimum absolute atomic E-state index is 0.196. The van der Waals surface area contributed by atoms with Crippen LogP contribution >= 0.6 is 11.6 Å². The Balaban J connectivity index is 1.48. The Morgan fingerprint density at radius 2 is 1.94 bits per heavy atom. The first-order valence-corrected chi connectivity index (χ1v) is 10.3. The molecule has 7 heteroatoms. The quantitative estimate of drug-likeness (QED) is 0.436. The van der Waals surface area contributed by atoms with E-state index in [4.69, 9.17) is 16.3 Å². The van der Waals surface area contributed by atoms with E-state index in [-0.39, 0.29) is 11.6 Å². The first kappa shape index (κ1) is 19.6. The smallest absolute Gasteiger partial charge is 0.336 e. The van der Waals surface area contributed by atoms with Crippen LogP contribution in [0, 0.1) is 6.92 Å². The number of rotatable bonds is 4. The van der Waals surface area contributed by atoms with E-state index < -0.39 is 5.97 Å². The summed E-state index contributed by atoms with van der Waals surface area (Å²) in [6.07, 6.45) is 0. The van der Waals surface area contributed by atoms with Gasteiger partial charge >= 0.3 is 5.97 Å². The number of hydrogen-bond donors (Lipinski definition) is 2. The van der Waals surface area contributed by atoms with E-state index in [9.17, 15) is 9.90 Å². The third-order valence-corrected chi connectivity index (χ3v) is 5.91. The molecular weight excluding hydrogens is 414 g/mol. The third-order valence-electron chi connectivity index (χ3n) is 5.60. The highest BCUT2D eigenvalue weighted by Gasteiger charge is 2.18. The molecule has 0 fully saturated rings. The van der Waals surface area contributed by atoms with E-state index in [0.717, 1.165) is 35.2 Å². The molecule has 2 heterocycles. The lowest BCUT2D eigenvalue weighted by molar-refractivity contribution is 0.0695. The van der Waals surface area contributed by atoms with Crippen molar-refractivity contribution in [1.82, 2.24) is 14.9 Å². The van der Waals surface area contributed by atoms with Crippen LogP contribution in [0.15, 0.2) is 48.5 Å². The first-order chi connectivity index (χ1) is 14.9. The number of carboxylic acid groups (broad SMARTS) is 1. The summed E-state index contributed by atoms with van der Waals surface area (Å²) in [5.74, 6) is -0.597. The predicted molar refractivity (Wildman–Crippen MR) is 120 cm³/mol. The average molecular weight is 434 g/mol. The average Bonchev–Trinajstić information content (AvgIpc) is 3.29. The van der Waals surface area contributed by atoms with E-state index in [1.165, 1.54) is 17.2 Å². The predicted octanol–water partition coefficient (Wildman–Crippen LogP) is 5.63. The van der Waals surface area contributed by atoms with Crippen molar-refractivity contribution in [2.75, 3.05) is 7.05 Å². The second-order valence-electron chi connectivity index (χ2n) is 7.93. The second kappa shape index (κ2) is 7.41. The highest BCUT2D eigenvalue weighted by Crippen LogP contribution is 2.35. The van der Waals surface area contributed by atoms with Gasteiger partial charge in [0.2, 0.25) is 0 Å². The Kier molecular flexibility index (Phi) is 4.68. The van der Waals surface area contributed by atoms with Gasteiger partial charge in [0, 0.05) is 18.7 Å². The minimum Gasteiger partial charge on any atom is -0.478 e. The van der Waals surface area contributed by atoms with Crippen molar-refractivity contribution in [2.45, 2.75) is 20.0 Å². The molecule has 2 N–H and O–H groups in total. The molecular formula is C24H20ClN3O3. The number of benzene rings is 3. The van der Waals surface area contributed by atoms with Crippen molar-refractivity contribution in [3.05, 3.63) is 75.8 Å². The lowest BCUT2D eigenvalue weighted by atomic mass is 10.00. The van der Waals surface area contributed by atoms with Gasteiger partial charge in [0.1, 0.15) is 5.75 Å². The van der Waals surface area contributed by atoms with E-state index in [0.29, 0.717) is 16.3 Å². The Labute approximate surface area is 184 Å². The number of carboxylic acids is 1. The molecule has 1 aromatic heterocycles. The van der Waals surface area contributed by atoms with E-state index in [2.05, 4.69) is 40.1 Å². The van der Waals surface area contributed by atoms with Crippen LogP contribution in [-0.4, -0.2) is 33.0 Å². The number of halogens is 1. The zero-order chi connectivity index (χ0) is 21.7. The molecule has 0 spiro atoms. The Hall–Kier alpha value is -3.35. The molecule has 0 atom stereocenters. The zero-order valence-corrected chi connectivity index (χ0v) is 17.8. The van der Waals surface area contributed by atoms with Gasteiger partial charge in [-0.15, -0.1) is 0 Å². The molecule has 0 unspecified atom stereocenters. The zero-order valence-electron chi connectivity index (χ0n) is 17.1. The van der Waals surface area contributed by atoms with Gasteiger partial charge in [0.15, 0.2) is 0 Å². The molecule has 0 saturated heterocycles. The van der Waals surface area contributed by atoms with Crippen LogP contribution in [0.25, 0.3) is 22.2 Å². The first-order valence-electron chi connectivity index (χ1n) is 9.89. The highest BCUT2D eigenvalue weighted by molar-refractivity contribution is 6.34. The molecule has 6 nitrogen and oxygen atoms in total. The SMILES string of the molecule is Cc1ccc(Oc2nc3cc(-c4ccc5c(c4)CN(C)C5)c(Cl)cc3[nH]2)cc1C(=O)O. The van der Waals surface area contributed by atoms with Crippen LogP contribution in [-0.2, 0) is 13.1 Å². The number of aromatic carboxylic acids is 1. The summed E-state index contributed by atoms with van der Waals surface area (Å²) in [6, 6.07) is 15.4. The molecule has 0 aliphatic carbocycles. The van der Waals surface area contributed by atoms with Gasteiger partial charge in [0.05, 0.1) is 21.6 Å². The fourth-order valence-corrected chi connectivity index (χ4v) is 4.29. The summed E-state index contributed by atoms with van der Waals surface area (Å²) in [5, 5.41) is 9.94. The highest BCUT2D eigenvalue weighted by atomic mass is 35.5. The molecule has 5 rings (SSSR count). The molecule has 0 bridgehead atoms. The van der Waals surface area contributed by atoms with Gasteiger partial charge in [0.25, 0.3) is 6.01 Å². The topological polar surface area (TPSA) is 78.5 Å². The molecule has 1 aliphatic heterocycles. The van der Waals surface area contributed by atoms with Crippen LogP contribution in [0.3, 0.4) is 0 Å². The normalized spacial score (nSPS) is 13.5. The maximum atomic E-state index is 11.4. The van der Waals surface area contributed by atoms with E-state index >= 15 is 0 Å². The molecule has 3 aromatic carbocycles. The third kappa shape index (κ3) is 3.65. The summed E-state index contributed by atoms with van der Waals surface area (Å²) < 4.78 is 5.79. The van der Waals surface area contributed by atoms with Crippen LogP contribution in [0.1, 0.15) is 27.0 Å². The molecule has 4 aromatic rings. The van der Waals surface area contributed by atoms with Gasteiger partial charge in [-0.1, -0.05) is 29.8 Å². The number of aromatic amines is 1. The number of nitrogens with one attached hydrogen (secondary N) is 1. The largest absolute Gasteiger partial charge is 0.478 e. The number of carbonyl (C=O) groups is 1. The number of fused-ring (bicyclic) bond motifs is 2. The molecule has 156 valence electrons. The Bertz CT molecular complexity index is 1350. The second-order valence-corrected chi connectivity index (χ2v) is 8.34. The molecule has 0 saturated carbocycles. The number of imidazole rings is 1. The number of hydrogen-bond acceptors (Lipinski definition) is 4. The number of H-pyrrole nitrogens is 1. The van der Waals surface area contributed by atoms with Crippen LogP contribution in [0.4, 0.5) is 0 Å². The summed E-state index contributed by atoms with van der Waals surface area (Å²) in [7, 11) is 2.11. The molecule has 0 radical (unpaired) electrons. The van der Waals surface area contributed by atoms with Crippen molar-refractivity contribution in [2.24, 2.45) is 0 Å². The molecule has 1 aliphatic rings. The number of aryl methyl sites for hydroxylation is 1. The standard InChI is InChI=1S/C24H20ClN3O3/c1-13-3-6-17(8-18(13)23(29)30)31-24-26-21-9-19(20(25)10-22(21)27-24)14-4-5-15-11-28(2)12-16(15)7-14/h3-10H,11-12H2,1-2H3,(H,26,27)(H,29,30). The minimum atomic E-state index is -0.996. The summed E-state index contributed by atoms with van der Waals surface area (Å²) >= 11 is 6.60. The van der Waals surface area contributed by atoms with E-state index in [1.807, 2.05) is 12.1 Å². The van der Waals surface area contributed by atoms with Crippen LogP contribution < -0.4 is 4.74 Å². The summed E-state index contributed by atoms with van der Waals surface area (Å²) in [5.41, 5.74) is 6.95. The Morgan fingerprint density at radius 1 is 1.13 bits per heavy atom. The Morgan fingerprint density at radius 3 is 2.74 bits per heavy atom. The molecule has 31 heavy (non-hydrogen) atoms. The number of nitrogens with zero attached hydrogens (tertiary/aromatic N) is 2. The monoisotopic (exact) mass is 433 g/mol. The molecule has 0 amide bonds.